The number of rotatable bonds is 9. The SMILES string of the molecule is COc1cccc(CN(CC(OC)OC)S(=O)(=O)c2ccc(C)cc2)c1Br. The van der Waals surface area contributed by atoms with Crippen LogP contribution in [0, 0.1) is 6.92 Å². The van der Waals surface area contributed by atoms with Gasteiger partial charge in [-0.1, -0.05) is 29.8 Å². The minimum absolute atomic E-state index is 0.0485. The highest BCUT2D eigenvalue weighted by molar-refractivity contribution is 9.10. The fourth-order valence-corrected chi connectivity index (χ4v) is 4.50. The Morgan fingerprint density at radius 2 is 1.67 bits per heavy atom. The van der Waals surface area contributed by atoms with Crippen LogP contribution in [0.25, 0.3) is 0 Å². The molecule has 0 amide bonds. The van der Waals surface area contributed by atoms with Crippen LogP contribution in [-0.4, -0.2) is 46.9 Å². The normalized spacial score (nSPS) is 12.0. The van der Waals surface area contributed by atoms with E-state index in [1.54, 1.807) is 37.4 Å². The average Bonchev–Trinajstić information content (AvgIpc) is 2.66. The lowest BCUT2D eigenvalue weighted by atomic mass is 10.2. The lowest BCUT2D eigenvalue weighted by molar-refractivity contribution is -0.108. The highest BCUT2D eigenvalue weighted by atomic mass is 79.9. The Morgan fingerprint density at radius 1 is 1.04 bits per heavy atom. The van der Waals surface area contributed by atoms with Gasteiger partial charge in [0.15, 0.2) is 6.29 Å². The van der Waals surface area contributed by atoms with Crippen molar-refractivity contribution < 1.29 is 22.6 Å². The molecule has 0 saturated carbocycles. The van der Waals surface area contributed by atoms with Crippen molar-refractivity contribution in [2.75, 3.05) is 27.9 Å². The number of aryl methyl sites for hydroxylation is 1. The minimum Gasteiger partial charge on any atom is -0.496 e. The van der Waals surface area contributed by atoms with Crippen molar-refractivity contribution in [3.05, 3.63) is 58.1 Å². The van der Waals surface area contributed by atoms with E-state index in [9.17, 15) is 8.42 Å². The van der Waals surface area contributed by atoms with Gasteiger partial charge >= 0.3 is 0 Å². The van der Waals surface area contributed by atoms with Gasteiger partial charge in [0.05, 0.1) is 23.0 Å². The number of ether oxygens (including phenoxy) is 3. The molecular formula is C19H24BrNO5S. The van der Waals surface area contributed by atoms with E-state index in [1.807, 2.05) is 19.1 Å². The maximum atomic E-state index is 13.2. The van der Waals surface area contributed by atoms with Crippen LogP contribution >= 0.6 is 15.9 Å². The number of benzene rings is 2. The van der Waals surface area contributed by atoms with Crippen LogP contribution in [0.3, 0.4) is 0 Å². The molecule has 2 aromatic rings. The number of sulfonamides is 1. The summed E-state index contributed by atoms with van der Waals surface area (Å²) >= 11 is 3.49. The smallest absolute Gasteiger partial charge is 0.243 e. The minimum atomic E-state index is -3.76. The zero-order chi connectivity index (χ0) is 20.0. The molecule has 0 atom stereocenters. The van der Waals surface area contributed by atoms with Gasteiger partial charge in [0, 0.05) is 20.8 Å². The average molecular weight is 458 g/mol. The topological polar surface area (TPSA) is 65.1 Å². The Labute approximate surface area is 169 Å². The van der Waals surface area contributed by atoms with Gasteiger partial charge in [-0.25, -0.2) is 8.42 Å². The van der Waals surface area contributed by atoms with Crippen LogP contribution in [0.4, 0.5) is 0 Å². The van der Waals surface area contributed by atoms with E-state index < -0.39 is 16.3 Å². The first-order valence-electron chi connectivity index (χ1n) is 8.27. The Kier molecular flexibility index (Phi) is 7.81. The summed E-state index contributed by atoms with van der Waals surface area (Å²) in [6, 6.07) is 12.2. The molecule has 0 saturated heterocycles. The molecule has 8 heteroatoms. The maximum absolute atomic E-state index is 13.2. The molecule has 0 N–H and O–H groups in total. The molecule has 0 aliphatic carbocycles. The van der Waals surface area contributed by atoms with Crippen molar-refractivity contribution in [1.82, 2.24) is 4.31 Å². The number of nitrogens with zero attached hydrogens (tertiary/aromatic N) is 1. The summed E-state index contributed by atoms with van der Waals surface area (Å²) < 4.78 is 44.3. The first-order chi connectivity index (χ1) is 12.8. The van der Waals surface area contributed by atoms with Gasteiger partial charge in [0.1, 0.15) is 5.75 Å². The zero-order valence-electron chi connectivity index (χ0n) is 15.8. The highest BCUT2D eigenvalue weighted by Gasteiger charge is 2.28. The monoisotopic (exact) mass is 457 g/mol. The Hall–Kier alpha value is -1.45. The van der Waals surface area contributed by atoms with Crippen molar-refractivity contribution in [3.8, 4) is 5.75 Å². The second kappa shape index (κ2) is 9.66. The third kappa shape index (κ3) is 5.30. The van der Waals surface area contributed by atoms with Crippen molar-refractivity contribution in [3.63, 3.8) is 0 Å². The molecule has 0 bridgehead atoms. The molecule has 0 radical (unpaired) electrons. The third-order valence-corrected chi connectivity index (χ3v) is 6.87. The number of halogens is 1. The highest BCUT2D eigenvalue weighted by Crippen LogP contribution is 2.30. The lowest BCUT2D eigenvalue weighted by Crippen LogP contribution is -2.38. The van der Waals surface area contributed by atoms with Crippen LogP contribution in [0.15, 0.2) is 51.8 Å². The first-order valence-corrected chi connectivity index (χ1v) is 10.5. The summed E-state index contributed by atoms with van der Waals surface area (Å²) in [5.74, 6) is 0.634. The summed E-state index contributed by atoms with van der Waals surface area (Å²) in [7, 11) is 0.767. The Morgan fingerprint density at radius 3 is 2.22 bits per heavy atom. The molecule has 6 nitrogen and oxygen atoms in total. The predicted molar refractivity (Wildman–Crippen MR) is 107 cm³/mol. The van der Waals surface area contributed by atoms with Crippen molar-refractivity contribution in [2.45, 2.75) is 24.7 Å². The largest absolute Gasteiger partial charge is 0.496 e. The van der Waals surface area contributed by atoms with Gasteiger partial charge in [0.25, 0.3) is 0 Å². The first kappa shape index (κ1) is 21.8. The molecular weight excluding hydrogens is 434 g/mol. The maximum Gasteiger partial charge on any atom is 0.243 e. The molecule has 0 spiro atoms. The summed E-state index contributed by atoms with van der Waals surface area (Å²) in [5, 5.41) is 0. The second-order valence-electron chi connectivity index (χ2n) is 5.94. The molecule has 2 aromatic carbocycles. The van der Waals surface area contributed by atoms with Crippen molar-refractivity contribution in [2.24, 2.45) is 0 Å². The predicted octanol–water partition coefficient (Wildman–Crippen LogP) is 3.58. The molecule has 0 aliphatic rings. The fourth-order valence-electron chi connectivity index (χ4n) is 2.54. The fraction of sp³-hybridized carbons (Fsp3) is 0.368. The second-order valence-corrected chi connectivity index (χ2v) is 8.68. The Bertz CT molecular complexity index is 851. The quantitative estimate of drug-likeness (QED) is 0.538. The molecule has 0 fully saturated rings. The summed E-state index contributed by atoms with van der Waals surface area (Å²) in [6.07, 6.45) is -0.686. The van der Waals surface area contributed by atoms with E-state index in [0.29, 0.717) is 10.2 Å². The van der Waals surface area contributed by atoms with E-state index in [-0.39, 0.29) is 18.0 Å². The van der Waals surface area contributed by atoms with Gasteiger partial charge in [-0.15, -0.1) is 0 Å². The molecule has 0 unspecified atom stereocenters. The molecule has 27 heavy (non-hydrogen) atoms. The number of hydrogen-bond donors (Lipinski definition) is 0. The van der Waals surface area contributed by atoms with Gasteiger partial charge in [0.2, 0.25) is 10.0 Å². The van der Waals surface area contributed by atoms with Gasteiger partial charge in [-0.2, -0.15) is 4.31 Å². The van der Waals surface area contributed by atoms with Crippen molar-refractivity contribution in [1.29, 1.82) is 0 Å². The molecule has 148 valence electrons. The van der Waals surface area contributed by atoms with E-state index >= 15 is 0 Å². The van der Waals surface area contributed by atoms with Gasteiger partial charge in [-0.3, -0.25) is 0 Å². The van der Waals surface area contributed by atoms with Crippen molar-refractivity contribution >= 4 is 26.0 Å². The van der Waals surface area contributed by atoms with Crippen LogP contribution in [0.1, 0.15) is 11.1 Å². The summed E-state index contributed by atoms with van der Waals surface area (Å²) in [6.45, 7) is 2.09. The van der Waals surface area contributed by atoms with E-state index in [0.717, 1.165) is 11.1 Å². The third-order valence-electron chi connectivity index (χ3n) is 4.15. The summed E-state index contributed by atoms with van der Waals surface area (Å²) in [5.41, 5.74) is 1.76. The van der Waals surface area contributed by atoms with Crippen LogP contribution in [0.5, 0.6) is 5.75 Å². The molecule has 0 aliphatic heterocycles. The van der Waals surface area contributed by atoms with Crippen LogP contribution in [-0.2, 0) is 26.0 Å². The molecule has 0 heterocycles. The number of hydrogen-bond acceptors (Lipinski definition) is 5. The molecule has 2 rings (SSSR count). The molecule has 0 aromatic heterocycles. The van der Waals surface area contributed by atoms with Gasteiger partial charge in [-0.05, 0) is 46.6 Å². The zero-order valence-corrected chi connectivity index (χ0v) is 18.2. The van der Waals surface area contributed by atoms with E-state index in [4.69, 9.17) is 14.2 Å². The summed E-state index contributed by atoms with van der Waals surface area (Å²) in [4.78, 5) is 0.220. The van der Waals surface area contributed by atoms with Gasteiger partial charge < -0.3 is 14.2 Å². The van der Waals surface area contributed by atoms with Crippen LogP contribution in [0.2, 0.25) is 0 Å². The van der Waals surface area contributed by atoms with Crippen LogP contribution < -0.4 is 4.74 Å². The number of methoxy groups -OCH3 is 3. The van der Waals surface area contributed by atoms with E-state index in [2.05, 4.69) is 15.9 Å². The standard InChI is InChI=1S/C19H24BrNO5S/c1-14-8-10-16(11-9-14)27(22,23)21(13-18(25-3)26-4)12-15-6-5-7-17(24-2)19(15)20/h5-11,18H,12-13H2,1-4H3. The lowest BCUT2D eigenvalue weighted by Gasteiger charge is -2.26. The Balaban J connectivity index is 2.43. The van der Waals surface area contributed by atoms with E-state index in [1.165, 1.54) is 18.5 Å².